The van der Waals surface area contributed by atoms with Crippen LogP contribution in [0.1, 0.15) is 160 Å². The summed E-state index contributed by atoms with van der Waals surface area (Å²) in [6, 6.07) is 7.22. The first-order chi connectivity index (χ1) is 38.7. The van der Waals surface area contributed by atoms with E-state index in [0.29, 0.717) is 63.2 Å². The molecule has 2 aromatic heterocycles. The summed E-state index contributed by atoms with van der Waals surface area (Å²) in [5.41, 5.74) is 13.6. The second-order valence-corrected chi connectivity index (χ2v) is 24.3. The number of fused-ring (bicyclic) bond motifs is 8. The molecule has 440 valence electrons. The van der Waals surface area contributed by atoms with Gasteiger partial charge in [-0.25, -0.2) is 18.0 Å². The van der Waals surface area contributed by atoms with Crippen molar-refractivity contribution in [2.24, 2.45) is 22.9 Å². The van der Waals surface area contributed by atoms with Crippen molar-refractivity contribution in [3.8, 4) is 0 Å². The maximum absolute atomic E-state index is 13.4. The number of aryl methyl sites for hydroxylation is 3. The van der Waals surface area contributed by atoms with Crippen molar-refractivity contribution < 1.29 is 73.0 Å². The molecule has 3 fully saturated rings. The van der Waals surface area contributed by atoms with Crippen LogP contribution >= 0.6 is 0 Å². The van der Waals surface area contributed by atoms with Crippen LogP contribution in [-0.2, 0) is 56.0 Å². The van der Waals surface area contributed by atoms with Gasteiger partial charge in [0.2, 0.25) is 0 Å². The summed E-state index contributed by atoms with van der Waals surface area (Å²) in [6.07, 6.45) is 16.4. The number of carbonyl (C=O) groups is 2. The summed E-state index contributed by atoms with van der Waals surface area (Å²) in [4.78, 5) is 29.6. The van der Waals surface area contributed by atoms with Crippen molar-refractivity contribution in [2.75, 3.05) is 18.6 Å². The molecule has 5 aliphatic heterocycles. The first kappa shape index (κ1) is 62.0. The number of cyclic esters (lactones) is 2. The van der Waals surface area contributed by atoms with Crippen molar-refractivity contribution in [3.63, 3.8) is 0 Å². The van der Waals surface area contributed by atoms with E-state index >= 15 is 0 Å². The minimum Gasteiger partial charge on any atom is -0.461 e. The highest BCUT2D eigenvalue weighted by molar-refractivity contribution is 7.90. The van der Waals surface area contributed by atoms with Crippen molar-refractivity contribution >= 4 is 55.9 Å². The van der Waals surface area contributed by atoms with E-state index in [9.17, 15) is 23.1 Å². The third-order valence-corrected chi connectivity index (χ3v) is 15.5. The SMILES string of the molecule is Cc1cc2oc(CCS(C)(=O)=O)cc2c2c1C(=O)O[C@@H](C)[C@H](C)/C=C\C(O)[C@H]1OC(C)(C)O[C@H]1CC=C2.Cc1cc2oc(CN=[N+]=[N-])cc2c2c1C(=O)O[C@@H](C)[C@H](C)/C=C\C(C)[C@H]1OC(C)(C)O[C@H]1CC=C2.OC1CCCO1.[3H]C.[3H]C. The van der Waals surface area contributed by atoms with E-state index in [1.165, 1.54) is 21.1 Å². The number of carbonyl (C=O) groups excluding carboxylic acids is 2. The quantitative estimate of drug-likeness (QED) is 0.0620. The Kier molecular flexibility index (Phi) is 21.3. The van der Waals surface area contributed by atoms with Crippen LogP contribution in [-0.4, -0.2) is 110 Å². The highest BCUT2D eigenvalue weighted by atomic mass is 32.2. The predicted octanol–water partition coefficient (Wildman–Crippen LogP) is 12.6. The second-order valence-electron chi connectivity index (χ2n) is 22.1. The Hall–Kier alpha value is -5.60. The fourth-order valence-electron chi connectivity index (χ4n) is 10.1. The number of ether oxygens (including phenoxy) is 7. The number of sulfone groups is 1. The standard InChI is InChI=1S/C28H36O8S.C27H33N3O5.C4H8O2.2CH4/c1-16-10-11-22(29)26-23(35-28(4,5)36-26)9-7-8-20-21-15-19(12-13-37(6,31)32)34-24(21)14-17(2)25(20)27(30)33-18(16)3;1-15-10-11-16(2)25-22(34-27(5,6)35-25)9-7-8-20-21-13-19(14-29-30-28)33-23(21)12-17(3)24(20)26(31)32-18(15)4;5-4-2-1-3-6-4;;/h7-8,10-11,14-16,18,22-23,26,29H,9,12-13H2,1-6H3;7-8,10-13,15-16,18,22,25H,9,14H2,1-6H3;4-5H,1-3H2;2*1H4/b2*8-7?,11-10-;;;/t16-,18+,22?,23+,26-;15-,16?,18+,22+,25-;;;/m11.../s1/i;;;2*1T. The molecule has 0 bridgehead atoms. The fraction of sp³-hybridized carbons (Fsp3) is 0.574. The molecule has 0 spiro atoms. The van der Waals surface area contributed by atoms with Gasteiger partial charge in [0.15, 0.2) is 17.9 Å². The Labute approximate surface area is 474 Å². The molecular formula is C61H85N3O15S. The Morgan fingerprint density at radius 2 is 1.19 bits per heavy atom. The molecule has 4 aromatic rings. The summed E-state index contributed by atoms with van der Waals surface area (Å²) in [7, 11) is -0.661. The molecule has 9 rings (SSSR count). The molecule has 3 saturated heterocycles. The molecule has 80 heavy (non-hydrogen) atoms. The molecule has 2 N–H and O–H groups in total. The largest absolute Gasteiger partial charge is 0.461 e. The van der Waals surface area contributed by atoms with E-state index in [2.05, 4.69) is 29.1 Å². The molecule has 19 heteroatoms. The number of hydrogen-bond acceptors (Lipinski definition) is 16. The second kappa shape index (κ2) is 27.4. The number of azide groups is 1. The topological polar surface area (TPSA) is 248 Å². The average Bonchev–Trinajstić information content (AvgIpc) is 4.33. The van der Waals surface area contributed by atoms with Crippen LogP contribution in [0.15, 0.2) is 74.7 Å². The predicted molar refractivity (Wildman–Crippen MR) is 309 cm³/mol. The van der Waals surface area contributed by atoms with Crippen LogP contribution in [0.4, 0.5) is 0 Å². The Bertz CT molecular complexity index is 3100. The Balaban J connectivity index is 0.000000258. The number of benzene rings is 2. The molecule has 3 unspecified atom stereocenters. The summed E-state index contributed by atoms with van der Waals surface area (Å²) >= 11 is 0. The highest BCUT2D eigenvalue weighted by Gasteiger charge is 2.44. The van der Waals surface area contributed by atoms with Gasteiger partial charge in [-0.2, -0.15) is 0 Å². The van der Waals surface area contributed by atoms with Crippen LogP contribution in [0.5, 0.6) is 0 Å². The maximum Gasteiger partial charge on any atom is 0.339 e. The van der Waals surface area contributed by atoms with E-state index < -0.39 is 58.1 Å². The van der Waals surface area contributed by atoms with Crippen LogP contribution in [0, 0.1) is 31.6 Å². The third-order valence-electron chi connectivity index (χ3n) is 14.5. The summed E-state index contributed by atoms with van der Waals surface area (Å²) in [6.45, 7) is 21.8. The number of aliphatic hydroxyl groups is 2. The fourth-order valence-corrected chi connectivity index (χ4v) is 10.7. The first-order valence-electron chi connectivity index (χ1n) is 28.8. The van der Waals surface area contributed by atoms with E-state index in [1.807, 2.05) is 112 Å². The van der Waals surface area contributed by atoms with Crippen LogP contribution < -0.4 is 0 Å². The number of hydrogen-bond donors (Lipinski definition) is 2. The van der Waals surface area contributed by atoms with Crippen molar-refractivity contribution in [1.82, 2.24) is 0 Å². The van der Waals surface area contributed by atoms with Gasteiger partial charge in [-0.1, -0.05) is 89.3 Å². The maximum atomic E-state index is 13.4. The Morgan fingerprint density at radius 1 is 0.713 bits per heavy atom. The van der Waals surface area contributed by atoms with E-state index in [0.717, 1.165) is 36.0 Å². The highest BCUT2D eigenvalue weighted by Crippen LogP contribution is 2.38. The van der Waals surface area contributed by atoms with Gasteiger partial charge in [-0.05, 0) is 127 Å². The smallest absolute Gasteiger partial charge is 0.339 e. The lowest BCUT2D eigenvalue weighted by Crippen LogP contribution is -2.34. The van der Waals surface area contributed by atoms with E-state index in [1.54, 1.807) is 18.2 Å². The van der Waals surface area contributed by atoms with Gasteiger partial charge in [-0.3, -0.25) is 0 Å². The van der Waals surface area contributed by atoms with Crippen LogP contribution in [0.25, 0.3) is 44.5 Å². The number of furan rings is 2. The molecule has 2 aromatic carbocycles. The molecule has 0 amide bonds. The summed E-state index contributed by atoms with van der Waals surface area (Å²) < 4.78 is 87.8. The van der Waals surface area contributed by atoms with Gasteiger partial charge in [0.25, 0.3) is 0 Å². The zero-order valence-corrected chi connectivity index (χ0v) is 49.7. The summed E-state index contributed by atoms with van der Waals surface area (Å²) in [5.74, 6) is -1.33. The van der Waals surface area contributed by atoms with E-state index in [-0.39, 0.29) is 60.8 Å². The number of esters is 2. The molecule has 18 nitrogen and oxygen atoms in total. The van der Waals surface area contributed by atoms with Crippen LogP contribution in [0.2, 0.25) is 0 Å². The van der Waals surface area contributed by atoms with Crippen LogP contribution in [0.3, 0.4) is 0 Å². The van der Waals surface area contributed by atoms with E-state index in [4.69, 9.17) is 55.4 Å². The van der Waals surface area contributed by atoms with Crippen molar-refractivity contribution in [1.29, 1.82) is 0 Å². The molecule has 0 saturated carbocycles. The third kappa shape index (κ3) is 16.5. The van der Waals surface area contributed by atoms with Crippen molar-refractivity contribution in [2.45, 2.75) is 190 Å². The lowest BCUT2D eigenvalue weighted by Gasteiger charge is -2.23. The normalized spacial score (nSPS) is 29.3. The number of aliphatic hydroxyl groups excluding tert-OH is 2. The number of rotatable bonds is 5. The van der Waals surface area contributed by atoms with Gasteiger partial charge in [0.1, 0.15) is 56.9 Å². The average molecular weight is 1140 g/mol. The molecule has 11 atom stereocenters. The Morgan fingerprint density at radius 3 is 1.66 bits per heavy atom. The first-order valence-corrected chi connectivity index (χ1v) is 28.9. The number of nitrogens with zero attached hydrogens (tertiary/aromatic N) is 3. The van der Waals surface area contributed by atoms with Gasteiger partial charge >= 0.3 is 11.9 Å². The minimum absolute atomic E-state index is 0.0190. The van der Waals surface area contributed by atoms with Gasteiger partial charge < -0.3 is 52.2 Å². The molecular weight excluding hydrogens is 1050 g/mol. The molecule has 7 heterocycles. The lowest BCUT2D eigenvalue weighted by molar-refractivity contribution is -0.152. The van der Waals surface area contributed by atoms with Gasteiger partial charge in [0.05, 0.1) is 41.7 Å². The monoisotopic (exact) mass is 1140 g/mol. The zero-order valence-electron chi connectivity index (χ0n) is 50.9. The van der Waals surface area contributed by atoms with Gasteiger partial charge in [-0.15, -0.1) is 0 Å². The van der Waals surface area contributed by atoms with Crippen molar-refractivity contribution in [3.05, 3.63) is 116 Å². The molecule has 0 aliphatic carbocycles. The summed E-state index contributed by atoms with van der Waals surface area (Å²) in [5, 5.41) is 24.4. The minimum atomic E-state index is -3.16. The molecule has 5 aliphatic rings. The molecule has 0 radical (unpaired) electrons. The zero-order chi connectivity index (χ0) is 60.9. The van der Waals surface area contributed by atoms with Gasteiger partial charge in [0, 0.05) is 61.9 Å². The lowest BCUT2D eigenvalue weighted by atomic mass is 9.93.